The molecule has 2 aromatic heterocycles. The van der Waals surface area contributed by atoms with Gasteiger partial charge < -0.3 is 9.42 Å². The molecule has 1 fully saturated rings. The average molecular weight is 270 g/mol. The standard InChI is InChI=1S/C15H18N4O/c1-3-12-6-9-19(10-7-12)14-13(5-4-8-16-14)15-17-11(2)18-20-15/h3-5,8,12H,1,6-7,9-10H2,2H3. The van der Waals surface area contributed by atoms with Gasteiger partial charge in [0.1, 0.15) is 5.82 Å². The zero-order valence-corrected chi connectivity index (χ0v) is 11.6. The van der Waals surface area contributed by atoms with E-state index >= 15 is 0 Å². The van der Waals surface area contributed by atoms with E-state index in [1.807, 2.05) is 25.3 Å². The van der Waals surface area contributed by atoms with E-state index in [9.17, 15) is 0 Å². The Morgan fingerprint density at radius 3 is 2.85 bits per heavy atom. The largest absolute Gasteiger partial charge is 0.356 e. The number of hydrogen-bond acceptors (Lipinski definition) is 5. The highest BCUT2D eigenvalue weighted by Crippen LogP contribution is 2.30. The fraction of sp³-hybridized carbons (Fsp3) is 0.400. The van der Waals surface area contributed by atoms with Crippen LogP contribution in [0.2, 0.25) is 0 Å². The number of aryl methyl sites for hydroxylation is 1. The second kappa shape index (κ2) is 5.45. The molecule has 0 saturated carbocycles. The van der Waals surface area contributed by atoms with Gasteiger partial charge in [0, 0.05) is 19.3 Å². The molecular formula is C15H18N4O. The smallest absolute Gasteiger partial charge is 0.261 e. The molecule has 0 spiro atoms. The zero-order chi connectivity index (χ0) is 13.9. The fourth-order valence-corrected chi connectivity index (χ4v) is 2.57. The first kappa shape index (κ1) is 12.8. The van der Waals surface area contributed by atoms with Gasteiger partial charge in [-0.05, 0) is 37.8 Å². The summed E-state index contributed by atoms with van der Waals surface area (Å²) in [7, 11) is 0. The lowest BCUT2D eigenvalue weighted by Gasteiger charge is -2.32. The lowest BCUT2D eigenvalue weighted by Crippen LogP contribution is -2.34. The Kier molecular flexibility index (Phi) is 3.50. The third-order valence-electron chi connectivity index (χ3n) is 3.72. The molecule has 20 heavy (non-hydrogen) atoms. The Morgan fingerprint density at radius 1 is 1.40 bits per heavy atom. The van der Waals surface area contributed by atoms with Crippen molar-refractivity contribution in [3.63, 3.8) is 0 Å². The van der Waals surface area contributed by atoms with Crippen LogP contribution < -0.4 is 4.90 Å². The molecule has 0 aliphatic carbocycles. The van der Waals surface area contributed by atoms with Crippen LogP contribution in [0.4, 0.5) is 5.82 Å². The summed E-state index contributed by atoms with van der Waals surface area (Å²) in [5, 5.41) is 3.86. The van der Waals surface area contributed by atoms with E-state index in [4.69, 9.17) is 4.52 Å². The summed E-state index contributed by atoms with van der Waals surface area (Å²) in [5.74, 6) is 2.72. The molecule has 104 valence electrons. The number of rotatable bonds is 3. The monoisotopic (exact) mass is 270 g/mol. The van der Waals surface area contributed by atoms with E-state index in [0.717, 1.165) is 37.3 Å². The molecule has 1 saturated heterocycles. The molecule has 3 rings (SSSR count). The van der Waals surface area contributed by atoms with Crippen molar-refractivity contribution in [2.75, 3.05) is 18.0 Å². The minimum Gasteiger partial charge on any atom is -0.356 e. The van der Waals surface area contributed by atoms with Crippen LogP contribution in [0.3, 0.4) is 0 Å². The summed E-state index contributed by atoms with van der Waals surface area (Å²) >= 11 is 0. The summed E-state index contributed by atoms with van der Waals surface area (Å²) in [4.78, 5) is 11.1. The van der Waals surface area contributed by atoms with E-state index in [2.05, 4.69) is 32.7 Å². The van der Waals surface area contributed by atoms with Gasteiger partial charge in [-0.3, -0.25) is 0 Å². The Labute approximate surface area is 118 Å². The first-order valence-corrected chi connectivity index (χ1v) is 6.91. The molecule has 0 amide bonds. The van der Waals surface area contributed by atoms with Crippen molar-refractivity contribution >= 4 is 5.82 Å². The van der Waals surface area contributed by atoms with Gasteiger partial charge in [0.05, 0.1) is 5.56 Å². The van der Waals surface area contributed by atoms with E-state index in [1.54, 1.807) is 0 Å². The second-order valence-electron chi connectivity index (χ2n) is 5.08. The quantitative estimate of drug-likeness (QED) is 0.803. The third kappa shape index (κ3) is 2.43. The van der Waals surface area contributed by atoms with E-state index < -0.39 is 0 Å². The fourth-order valence-electron chi connectivity index (χ4n) is 2.57. The third-order valence-corrected chi connectivity index (χ3v) is 3.72. The maximum Gasteiger partial charge on any atom is 0.261 e. The molecule has 5 nitrogen and oxygen atoms in total. The van der Waals surface area contributed by atoms with Gasteiger partial charge in [0.15, 0.2) is 5.82 Å². The molecule has 1 aliphatic rings. The Bertz CT molecular complexity index is 599. The molecule has 0 N–H and O–H groups in total. The number of piperidine rings is 1. The predicted molar refractivity (Wildman–Crippen MR) is 77.4 cm³/mol. The van der Waals surface area contributed by atoms with Crippen LogP contribution in [0.1, 0.15) is 18.7 Å². The first-order chi connectivity index (χ1) is 9.78. The topological polar surface area (TPSA) is 55.1 Å². The predicted octanol–water partition coefficient (Wildman–Crippen LogP) is 2.84. The maximum atomic E-state index is 5.28. The van der Waals surface area contributed by atoms with E-state index in [-0.39, 0.29) is 0 Å². The number of hydrogen-bond donors (Lipinski definition) is 0. The van der Waals surface area contributed by atoms with Crippen LogP contribution in [-0.4, -0.2) is 28.2 Å². The van der Waals surface area contributed by atoms with Crippen molar-refractivity contribution in [1.29, 1.82) is 0 Å². The molecule has 0 atom stereocenters. The van der Waals surface area contributed by atoms with Crippen LogP contribution in [0.15, 0.2) is 35.5 Å². The number of aromatic nitrogens is 3. The van der Waals surface area contributed by atoms with Gasteiger partial charge in [-0.1, -0.05) is 11.2 Å². The van der Waals surface area contributed by atoms with Crippen molar-refractivity contribution in [3.05, 3.63) is 36.8 Å². The van der Waals surface area contributed by atoms with Gasteiger partial charge in [-0.15, -0.1) is 6.58 Å². The highest BCUT2D eigenvalue weighted by atomic mass is 16.5. The normalized spacial score (nSPS) is 16.4. The molecule has 2 aromatic rings. The van der Waals surface area contributed by atoms with Crippen molar-refractivity contribution in [2.24, 2.45) is 5.92 Å². The number of nitrogens with zero attached hydrogens (tertiary/aromatic N) is 4. The van der Waals surface area contributed by atoms with Crippen LogP contribution in [0.5, 0.6) is 0 Å². The van der Waals surface area contributed by atoms with Crippen molar-refractivity contribution in [3.8, 4) is 11.5 Å². The molecule has 0 aromatic carbocycles. The molecule has 3 heterocycles. The van der Waals surface area contributed by atoms with Crippen LogP contribution in [-0.2, 0) is 0 Å². The van der Waals surface area contributed by atoms with Crippen molar-refractivity contribution in [1.82, 2.24) is 15.1 Å². The molecule has 0 radical (unpaired) electrons. The van der Waals surface area contributed by atoms with E-state index in [0.29, 0.717) is 17.6 Å². The van der Waals surface area contributed by atoms with Crippen LogP contribution >= 0.6 is 0 Å². The SMILES string of the molecule is C=CC1CCN(c2ncccc2-c2nc(C)no2)CC1. The zero-order valence-electron chi connectivity index (χ0n) is 11.6. The molecular weight excluding hydrogens is 252 g/mol. The average Bonchev–Trinajstić information content (AvgIpc) is 2.94. The molecule has 1 aliphatic heterocycles. The Balaban J connectivity index is 1.89. The lowest BCUT2D eigenvalue weighted by atomic mass is 9.97. The lowest BCUT2D eigenvalue weighted by molar-refractivity contribution is 0.425. The van der Waals surface area contributed by atoms with Gasteiger partial charge in [0.25, 0.3) is 5.89 Å². The van der Waals surface area contributed by atoms with Crippen LogP contribution in [0.25, 0.3) is 11.5 Å². The number of allylic oxidation sites excluding steroid dienone is 1. The van der Waals surface area contributed by atoms with Crippen LogP contribution in [0, 0.1) is 12.8 Å². The summed E-state index contributed by atoms with van der Waals surface area (Å²) in [6, 6.07) is 3.88. The van der Waals surface area contributed by atoms with Gasteiger partial charge in [-0.25, -0.2) is 4.98 Å². The second-order valence-corrected chi connectivity index (χ2v) is 5.08. The minimum absolute atomic E-state index is 0.538. The number of pyridine rings is 1. The number of anilines is 1. The molecule has 0 unspecified atom stereocenters. The minimum atomic E-state index is 0.538. The van der Waals surface area contributed by atoms with Gasteiger partial charge in [-0.2, -0.15) is 4.98 Å². The summed E-state index contributed by atoms with van der Waals surface area (Å²) in [5.41, 5.74) is 0.908. The van der Waals surface area contributed by atoms with Gasteiger partial charge >= 0.3 is 0 Å². The first-order valence-electron chi connectivity index (χ1n) is 6.91. The summed E-state index contributed by atoms with van der Waals surface area (Å²) in [6.45, 7) is 7.66. The highest BCUT2D eigenvalue weighted by Gasteiger charge is 2.22. The van der Waals surface area contributed by atoms with Crippen molar-refractivity contribution < 1.29 is 4.52 Å². The summed E-state index contributed by atoms with van der Waals surface area (Å²) < 4.78 is 5.28. The Morgan fingerprint density at radius 2 is 2.20 bits per heavy atom. The van der Waals surface area contributed by atoms with Gasteiger partial charge in [0.2, 0.25) is 0 Å². The summed E-state index contributed by atoms with van der Waals surface area (Å²) in [6.07, 6.45) is 6.09. The highest BCUT2D eigenvalue weighted by molar-refractivity contribution is 5.69. The van der Waals surface area contributed by atoms with Crippen molar-refractivity contribution in [2.45, 2.75) is 19.8 Å². The Hall–Kier alpha value is -2.17. The van der Waals surface area contributed by atoms with E-state index in [1.165, 1.54) is 0 Å². The molecule has 0 bridgehead atoms. The molecule has 5 heteroatoms. The maximum absolute atomic E-state index is 5.28.